The number of nitrogens with one attached hydrogen (secondary N) is 1. The molecule has 1 N–H and O–H groups in total. The molecular weight excluding hydrogens is 370 g/mol. The normalized spacial score (nSPS) is 11.4. The Morgan fingerprint density at radius 2 is 1.64 bits per heavy atom. The van der Waals surface area contributed by atoms with E-state index in [1.54, 1.807) is 6.07 Å². The van der Waals surface area contributed by atoms with E-state index >= 15 is 0 Å². The summed E-state index contributed by atoms with van der Waals surface area (Å²) in [5, 5.41) is 22.0. The molecule has 9 nitrogen and oxygen atoms in total. The van der Waals surface area contributed by atoms with Gasteiger partial charge in [0.15, 0.2) is 0 Å². The summed E-state index contributed by atoms with van der Waals surface area (Å²) in [6.45, 7) is 0. The summed E-state index contributed by atoms with van der Waals surface area (Å²) in [4.78, 5) is 21.8. The molecule has 0 amide bonds. The molecule has 11 heteroatoms. The molecule has 3 rings (SSSR count). The van der Waals surface area contributed by atoms with Crippen LogP contribution in [0.2, 0.25) is 0 Å². The van der Waals surface area contributed by atoms with E-state index in [9.17, 15) is 28.2 Å². The zero-order chi connectivity index (χ0) is 18.2. The molecule has 0 aliphatic carbocycles. The molecule has 0 aliphatic rings. The minimum absolute atomic E-state index is 0.149. The summed E-state index contributed by atoms with van der Waals surface area (Å²) in [6, 6.07) is 7.06. The number of aromatic nitrogens is 2. The maximum atomic E-state index is 12.6. The van der Waals surface area contributed by atoms with Gasteiger partial charge < -0.3 is 19.8 Å². The van der Waals surface area contributed by atoms with E-state index in [0.29, 0.717) is 5.52 Å². The number of rotatable bonds is 5. The minimum atomic E-state index is -4.17. The molecule has 128 valence electrons. The molecule has 0 fully saturated rings. The minimum Gasteiger partial charge on any atom is -0.545 e. The molecule has 0 aliphatic heterocycles. The molecule has 0 saturated heterocycles. The summed E-state index contributed by atoms with van der Waals surface area (Å²) in [6.07, 6.45) is 0. The average Bonchev–Trinajstić information content (AvgIpc) is 3.02. The number of hydrogen-bond donors (Lipinski definition) is 1. The summed E-state index contributed by atoms with van der Waals surface area (Å²) < 4.78 is 35.1. The van der Waals surface area contributed by atoms with Crippen LogP contribution in [0.25, 0.3) is 11.0 Å². The third-order valence-electron chi connectivity index (χ3n) is 3.20. The molecule has 0 atom stereocenters. The van der Waals surface area contributed by atoms with Crippen molar-refractivity contribution in [2.45, 2.75) is 4.90 Å². The van der Waals surface area contributed by atoms with E-state index in [2.05, 4.69) is 13.5 Å². The van der Waals surface area contributed by atoms with Crippen LogP contribution in [-0.4, -0.2) is 29.1 Å². The molecule has 3 aromatic rings. The maximum Gasteiger partial charge on any atom is 0.264 e. The maximum absolute atomic E-state index is 12.6. The number of benzene rings is 2. The Morgan fingerprint density at radius 3 is 2.24 bits per heavy atom. The van der Waals surface area contributed by atoms with Gasteiger partial charge in [0.05, 0.1) is 29.4 Å². The van der Waals surface area contributed by atoms with Crippen LogP contribution >= 0.6 is 11.7 Å². The number of fused-ring (bicyclic) bond motifs is 1. The zero-order valence-electron chi connectivity index (χ0n) is 12.1. The predicted octanol–water partition coefficient (Wildman–Crippen LogP) is -0.781. The molecule has 2 aromatic carbocycles. The first-order chi connectivity index (χ1) is 11.8. The summed E-state index contributed by atoms with van der Waals surface area (Å²) in [7, 11) is -4.17. The SMILES string of the molecule is O=C([O-])c1cc(NS(=O)(=O)c2cccc3nsnc23)cc(C(=O)[O-])c1. The molecule has 25 heavy (non-hydrogen) atoms. The van der Waals surface area contributed by atoms with Crippen LogP contribution in [0.15, 0.2) is 41.3 Å². The number of hydrogen-bond acceptors (Lipinski definition) is 9. The smallest absolute Gasteiger partial charge is 0.264 e. The topological polar surface area (TPSA) is 152 Å². The first kappa shape index (κ1) is 16.8. The van der Waals surface area contributed by atoms with Crippen LogP contribution < -0.4 is 14.9 Å². The number of nitrogens with zero attached hydrogens (tertiary/aromatic N) is 2. The highest BCUT2D eigenvalue weighted by molar-refractivity contribution is 7.93. The second kappa shape index (κ2) is 6.11. The fourth-order valence-corrected chi connectivity index (χ4v) is 3.94. The Hall–Kier alpha value is -3.05. The van der Waals surface area contributed by atoms with Crippen LogP contribution in [-0.2, 0) is 10.0 Å². The molecule has 0 radical (unpaired) electrons. The monoisotopic (exact) mass is 377 g/mol. The van der Waals surface area contributed by atoms with Gasteiger partial charge in [0.25, 0.3) is 10.0 Å². The van der Waals surface area contributed by atoms with Crippen molar-refractivity contribution < 1.29 is 28.2 Å². The molecule has 0 saturated carbocycles. The van der Waals surface area contributed by atoms with Crippen LogP contribution in [0.1, 0.15) is 20.7 Å². The van der Waals surface area contributed by atoms with Crippen molar-refractivity contribution >= 4 is 50.4 Å². The third kappa shape index (κ3) is 3.27. The van der Waals surface area contributed by atoms with Gasteiger partial charge in [0.2, 0.25) is 0 Å². The summed E-state index contributed by atoms with van der Waals surface area (Å²) in [5.74, 6) is -3.32. The number of sulfonamides is 1. The lowest BCUT2D eigenvalue weighted by molar-refractivity contribution is -0.255. The highest BCUT2D eigenvalue weighted by atomic mass is 32.2. The van der Waals surface area contributed by atoms with Crippen molar-refractivity contribution in [2.24, 2.45) is 0 Å². The highest BCUT2D eigenvalue weighted by Crippen LogP contribution is 2.24. The third-order valence-corrected chi connectivity index (χ3v) is 5.15. The van der Waals surface area contributed by atoms with Gasteiger partial charge in [-0.15, -0.1) is 0 Å². The van der Waals surface area contributed by atoms with E-state index in [1.807, 2.05) is 0 Å². The van der Waals surface area contributed by atoms with Gasteiger partial charge in [-0.25, -0.2) is 8.42 Å². The number of carboxylic acids is 2. The highest BCUT2D eigenvalue weighted by Gasteiger charge is 2.20. The lowest BCUT2D eigenvalue weighted by atomic mass is 10.1. The van der Waals surface area contributed by atoms with Crippen molar-refractivity contribution in [3.05, 3.63) is 47.5 Å². The summed E-state index contributed by atoms with van der Waals surface area (Å²) >= 11 is 0.838. The van der Waals surface area contributed by atoms with Gasteiger partial charge in [-0.1, -0.05) is 6.07 Å². The molecule has 0 unspecified atom stereocenters. The first-order valence-corrected chi connectivity index (χ1v) is 8.81. The van der Waals surface area contributed by atoms with Gasteiger partial charge in [0.1, 0.15) is 15.9 Å². The van der Waals surface area contributed by atoms with Crippen molar-refractivity contribution in [1.82, 2.24) is 8.75 Å². The molecule has 0 spiro atoms. The fourth-order valence-electron chi connectivity index (χ4n) is 2.13. The number of anilines is 1. The van der Waals surface area contributed by atoms with Crippen LogP contribution in [0.3, 0.4) is 0 Å². The first-order valence-electron chi connectivity index (χ1n) is 6.60. The quantitative estimate of drug-likeness (QED) is 0.608. The van der Waals surface area contributed by atoms with E-state index in [0.717, 1.165) is 29.9 Å². The van der Waals surface area contributed by atoms with Gasteiger partial charge in [-0.05, 0) is 41.5 Å². The molecular formula is C14H7N3O6S2-2. The summed E-state index contributed by atoms with van der Waals surface area (Å²) in [5.41, 5.74) is -0.745. The number of carboxylic acid groups (broad SMARTS) is 2. The Bertz CT molecular complexity index is 1070. The lowest BCUT2D eigenvalue weighted by Gasteiger charge is -2.13. The lowest BCUT2D eigenvalue weighted by Crippen LogP contribution is -2.26. The van der Waals surface area contributed by atoms with Crippen molar-refractivity contribution in [2.75, 3.05) is 4.72 Å². The van der Waals surface area contributed by atoms with Crippen molar-refractivity contribution in [3.8, 4) is 0 Å². The molecule has 1 aromatic heterocycles. The molecule has 1 heterocycles. The van der Waals surface area contributed by atoms with Gasteiger partial charge in [-0.3, -0.25) is 4.72 Å². The van der Waals surface area contributed by atoms with E-state index < -0.39 is 33.1 Å². The molecule has 0 bridgehead atoms. The van der Waals surface area contributed by atoms with Crippen LogP contribution in [0.4, 0.5) is 5.69 Å². The van der Waals surface area contributed by atoms with Crippen molar-refractivity contribution in [1.29, 1.82) is 0 Å². The Morgan fingerprint density at radius 1 is 1.00 bits per heavy atom. The van der Waals surface area contributed by atoms with E-state index in [1.165, 1.54) is 12.1 Å². The Kier molecular flexibility index (Phi) is 4.10. The van der Waals surface area contributed by atoms with Gasteiger partial charge in [0, 0.05) is 0 Å². The zero-order valence-corrected chi connectivity index (χ0v) is 13.8. The Labute approximate surface area is 144 Å². The second-order valence-electron chi connectivity index (χ2n) is 4.87. The van der Waals surface area contributed by atoms with Crippen LogP contribution in [0, 0.1) is 0 Å². The van der Waals surface area contributed by atoms with E-state index in [4.69, 9.17) is 0 Å². The standard InChI is InChI=1S/C14H9N3O6S2/c18-13(19)7-4-8(14(20)21)6-9(5-7)17-25(22,23)11-3-1-2-10-12(11)16-24-15-10/h1-6,17H,(H,18,19)(H,20,21)/p-2. The van der Waals surface area contributed by atoms with Crippen molar-refractivity contribution in [3.63, 3.8) is 0 Å². The number of aromatic carboxylic acids is 2. The number of carbonyl (C=O) groups excluding carboxylic acids is 2. The Balaban J connectivity index is 2.08. The van der Waals surface area contributed by atoms with E-state index in [-0.39, 0.29) is 16.1 Å². The predicted molar refractivity (Wildman–Crippen MR) is 83.3 cm³/mol. The second-order valence-corrected chi connectivity index (χ2v) is 7.05. The fraction of sp³-hybridized carbons (Fsp3) is 0. The average molecular weight is 377 g/mol. The van der Waals surface area contributed by atoms with Gasteiger partial charge >= 0.3 is 0 Å². The van der Waals surface area contributed by atoms with Crippen LogP contribution in [0.5, 0.6) is 0 Å². The van der Waals surface area contributed by atoms with Gasteiger partial charge in [-0.2, -0.15) is 8.75 Å². The largest absolute Gasteiger partial charge is 0.545 e. The number of carbonyl (C=O) groups is 2.